The van der Waals surface area contributed by atoms with E-state index in [4.69, 9.17) is 9.47 Å². The molecule has 5 nitrogen and oxygen atoms in total. The van der Waals surface area contributed by atoms with Crippen LogP contribution >= 0.6 is 0 Å². The summed E-state index contributed by atoms with van der Waals surface area (Å²) >= 11 is 0. The lowest BCUT2D eigenvalue weighted by molar-refractivity contribution is 0.0734. The number of nitrogens with zero attached hydrogens (tertiary/aromatic N) is 1. The van der Waals surface area contributed by atoms with Gasteiger partial charge in [0.15, 0.2) is 5.76 Å². The predicted molar refractivity (Wildman–Crippen MR) is 109 cm³/mol. The van der Waals surface area contributed by atoms with E-state index in [0.717, 1.165) is 5.56 Å². The quantitative estimate of drug-likeness (QED) is 0.368. The Morgan fingerprint density at radius 3 is 2.69 bits per heavy atom. The predicted octanol–water partition coefficient (Wildman–Crippen LogP) is 4.78. The summed E-state index contributed by atoms with van der Waals surface area (Å²) in [5, 5.41) is 0. The summed E-state index contributed by atoms with van der Waals surface area (Å²) in [5.41, 5.74) is 2.52. The van der Waals surface area contributed by atoms with Crippen LogP contribution in [0.25, 0.3) is 6.08 Å². The van der Waals surface area contributed by atoms with Crippen molar-refractivity contribution in [2.24, 2.45) is 0 Å². The highest BCUT2D eigenvalue weighted by atomic mass is 16.5. The van der Waals surface area contributed by atoms with Crippen molar-refractivity contribution in [3.05, 3.63) is 107 Å². The van der Waals surface area contributed by atoms with Crippen molar-refractivity contribution in [1.29, 1.82) is 0 Å². The fourth-order valence-corrected chi connectivity index (χ4v) is 3.01. The second kappa shape index (κ2) is 7.94. The third-order valence-corrected chi connectivity index (χ3v) is 4.39. The van der Waals surface area contributed by atoms with Gasteiger partial charge in [0.1, 0.15) is 11.5 Å². The number of rotatable bonds is 4. The minimum absolute atomic E-state index is 0.194. The summed E-state index contributed by atoms with van der Waals surface area (Å²) in [4.78, 5) is 28.8. The molecule has 0 unspecified atom stereocenters. The van der Waals surface area contributed by atoms with E-state index in [-0.39, 0.29) is 11.5 Å². The summed E-state index contributed by atoms with van der Waals surface area (Å²) in [5.74, 6) is 0.196. The largest absolute Gasteiger partial charge is 0.452 e. The monoisotopic (exact) mass is 383 g/mol. The molecule has 4 rings (SSSR count). The molecule has 2 heterocycles. The summed E-state index contributed by atoms with van der Waals surface area (Å²) < 4.78 is 11.1. The van der Waals surface area contributed by atoms with E-state index in [0.29, 0.717) is 28.2 Å². The number of aromatic nitrogens is 1. The zero-order valence-corrected chi connectivity index (χ0v) is 15.7. The molecule has 1 aliphatic rings. The molecule has 142 valence electrons. The molecular formula is C24H17NO4. The molecule has 0 amide bonds. The minimum Gasteiger partial charge on any atom is -0.452 e. The van der Waals surface area contributed by atoms with Crippen LogP contribution < -0.4 is 9.47 Å². The highest BCUT2D eigenvalue weighted by Gasteiger charge is 2.30. The molecule has 3 aromatic rings. The van der Waals surface area contributed by atoms with Crippen LogP contribution in [-0.2, 0) is 0 Å². The summed E-state index contributed by atoms with van der Waals surface area (Å²) in [6.45, 7) is 1.78. The number of ether oxygens (including phenoxy) is 2. The van der Waals surface area contributed by atoms with Crippen LogP contribution in [0.4, 0.5) is 0 Å². The van der Waals surface area contributed by atoms with Crippen LogP contribution in [0.2, 0.25) is 0 Å². The van der Waals surface area contributed by atoms with Crippen molar-refractivity contribution >= 4 is 17.8 Å². The third-order valence-electron chi connectivity index (χ3n) is 4.39. The molecule has 0 bridgehead atoms. The van der Waals surface area contributed by atoms with E-state index in [1.54, 1.807) is 49.5 Å². The molecule has 0 saturated heterocycles. The SMILES string of the molecule is Cc1cc(OC(=O)c2cccnc2)cc2c1C(=O)/C(=C/C=C/c1ccccc1)O2. The maximum atomic E-state index is 12.7. The average molecular weight is 383 g/mol. The summed E-state index contributed by atoms with van der Waals surface area (Å²) in [6.07, 6.45) is 8.31. The first-order valence-corrected chi connectivity index (χ1v) is 9.04. The van der Waals surface area contributed by atoms with Gasteiger partial charge in [-0.3, -0.25) is 9.78 Å². The first-order chi connectivity index (χ1) is 14.1. The number of allylic oxidation sites excluding steroid dienone is 3. The molecule has 0 fully saturated rings. The van der Waals surface area contributed by atoms with E-state index in [1.807, 2.05) is 36.4 Å². The second-order valence-corrected chi connectivity index (χ2v) is 6.48. The van der Waals surface area contributed by atoms with Gasteiger partial charge in [-0.1, -0.05) is 42.5 Å². The maximum absolute atomic E-state index is 12.7. The average Bonchev–Trinajstić information content (AvgIpc) is 3.05. The lowest BCUT2D eigenvalue weighted by Gasteiger charge is -2.07. The number of fused-ring (bicyclic) bond motifs is 1. The number of carbonyl (C=O) groups excluding carboxylic acids is 2. The van der Waals surface area contributed by atoms with E-state index < -0.39 is 5.97 Å². The molecule has 0 N–H and O–H groups in total. The third kappa shape index (κ3) is 3.99. The molecule has 0 atom stereocenters. The fourth-order valence-electron chi connectivity index (χ4n) is 3.01. The van der Waals surface area contributed by atoms with Gasteiger partial charge < -0.3 is 9.47 Å². The Morgan fingerprint density at radius 1 is 1.10 bits per heavy atom. The molecule has 0 saturated carbocycles. The Labute approximate surface area is 167 Å². The van der Waals surface area contributed by atoms with Crippen molar-refractivity contribution in [2.45, 2.75) is 6.92 Å². The number of hydrogen-bond donors (Lipinski definition) is 0. The minimum atomic E-state index is -0.525. The topological polar surface area (TPSA) is 65.5 Å². The van der Waals surface area contributed by atoms with Crippen LogP contribution in [0.1, 0.15) is 31.8 Å². The standard InChI is InChI=1S/C24H17NO4/c1-16-13-19(28-24(27)18-10-6-12-25-15-18)14-21-22(16)23(26)20(29-21)11-5-9-17-7-3-2-4-8-17/h2-15H,1H3/b9-5+,20-11-. The van der Waals surface area contributed by atoms with Gasteiger partial charge in [0.05, 0.1) is 11.1 Å². The molecule has 0 aliphatic carbocycles. The smallest absolute Gasteiger partial charge is 0.345 e. The molecule has 29 heavy (non-hydrogen) atoms. The Hall–Kier alpha value is -3.99. The van der Waals surface area contributed by atoms with Crippen molar-refractivity contribution in [3.8, 4) is 11.5 Å². The lowest BCUT2D eigenvalue weighted by Crippen LogP contribution is -2.09. The van der Waals surface area contributed by atoms with Crippen LogP contribution in [-0.4, -0.2) is 16.7 Å². The number of pyridine rings is 1. The molecule has 2 aromatic carbocycles. The van der Waals surface area contributed by atoms with Crippen molar-refractivity contribution in [3.63, 3.8) is 0 Å². The van der Waals surface area contributed by atoms with Crippen molar-refractivity contribution in [2.75, 3.05) is 0 Å². The number of benzene rings is 2. The molecule has 1 aliphatic heterocycles. The molecule has 0 spiro atoms. The first kappa shape index (κ1) is 18.4. The number of ketones is 1. The van der Waals surface area contributed by atoms with Gasteiger partial charge in [0.25, 0.3) is 0 Å². The Kier molecular flexibility index (Phi) is 5.03. The molecule has 0 radical (unpaired) electrons. The van der Waals surface area contributed by atoms with Crippen LogP contribution in [0.15, 0.2) is 84.9 Å². The van der Waals surface area contributed by atoms with E-state index in [1.165, 1.54) is 6.20 Å². The number of hydrogen-bond acceptors (Lipinski definition) is 5. The van der Waals surface area contributed by atoms with Crippen LogP contribution in [0, 0.1) is 6.92 Å². The molecule has 1 aromatic heterocycles. The lowest BCUT2D eigenvalue weighted by atomic mass is 10.0. The summed E-state index contributed by atoms with van der Waals surface area (Å²) in [7, 11) is 0. The number of esters is 1. The van der Waals surface area contributed by atoms with E-state index >= 15 is 0 Å². The van der Waals surface area contributed by atoms with Crippen LogP contribution in [0.5, 0.6) is 11.5 Å². The Morgan fingerprint density at radius 2 is 1.93 bits per heavy atom. The normalized spacial score (nSPS) is 14.1. The van der Waals surface area contributed by atoms with E-state index in [9.17, 15) is 9.59 Å². The fraction of sp³-hybridized carbons (Fsp3) is 0.0417. The van der Waals surface area contributed by atoms with Gasteiger partial charge in [0, 0.05) is 18.5 Å². The Balaban J connectivity index is 1.54. The highest BCUT2D eigenvalue weighted by Crippen LogP contribution is 2.37. The number of carbonyl (C=O) groups is 2. The summed E-state index contributed by atoms with van der Waals surface area (Å²) in [6, 6.07) is 16.2. The van der Waals surface area contributed by atoms with E-state index in [2.05, 4.69) is 4.98 Å². The van der Waals surface area contributed by atoms with Gasteiger partial charge in [-0.25, -0.2) is 4.79 Å². The number of aryl methyl sites for hydroxylation is 1. The van der Waals surface area contributed by atoms with Crippen molar-refractivity contribution < 1.29 is 19.1 Å². The second-order valence-electron chi connectivity index (χ2n) is 6.48. The Bertz CT molecular complexity index is 1130. The van der Waals surface area contributed by atoms with Gasteiger partial charge in [-0.05, 0) is 42.3 Å². The van der Waals surface area contributed by atoms with Gasteiger partial charge >= 0.3 is 5.97 Å². The zero-order valence-electron chi connectivity index (χ0n) is 15.7. The van der Waals surface area contributed by atoms with Gasteiger partial charge in [-0.2, -0.15) is 0 Å². The van der Waals surface area contributed by atoms with Crippen molar-refractivity contribution in [1.82, 2.24) is 4.98 Å². The van der Waals surface area contributed by atoms with Gasteiger partial charge in [-0.15, -0.1) is 0 Å². The van der Waals surface area contributed by atoms with Gasteiger partial charge in [0.2, 0.25) is 5.78 Å². The molecule has 5 heteroatoms. The number of Topliss-reactive ketones (excluding diaryl/α,β-unsaturated/α-hetero) is 1. The highest BCUT2D eigenvalue weighted by molar-refractivity contribution is 6.13. The maximum Gasteiger partial charge on any atom is 0.345 e. The van der Waals surface area contributed by atoms with Crippen LogP contribution in [0.3, 0.4) is 0 Å². The molecular weight excluding hydrogens is 366 g/mol. The first-order valence-electron chi connectivity index (χ1n) is 9.04. The zero-order chi connectivity index (χ0) is 20.2.